The number of fused-ring (bicyclic) bond motifs is 2. The summed E-state index contributed by atoms with van der Waals surface area (Å²) in [5, 5.41) is 1.24. The van der Waals surface area contributed by atoms with Crippen molar-refractivity contribution in [3.8, 4) is 11.3 Å². The van der Waals surface area contributed by atoms with Gasteiger partial charge in [0, 0.05) is 10.9 Å². The lowest BCUT2D eigenvalue weighted by Gasteiger charge is -2.22. The van der Waals surface area contributed by atoms with E-state index in [1.165, 1.54) is 34.1 Å². The van der Waals surface area contributed by atoms with E-state index in [0.717, 1.165) is 11.2 Å². The Kier molecular flexibility index (Phi) is 3.16. The van der Waals surface area contributed by atoms with Crippen LogP contribution in [0.1, 0.15) is 50.8 Å². The third kappa shape index (κ3) is 2.26. The van der Waals surface area contributed by atoms with E-state index < -0.39 is 0 Å². The summed E-state index contributed by atoms with van der Waals surface area (Å²) in [5.41, 5.74) is 8.10. The molecule has 1 heterocycles. The summed E-state index contributed by atoms with van der Waals surface area (Å²) in [6, 6.07) is 17.6. The van der Waals surface area contributed by atoms with Crippen molar-refractivity contribution in [2.24, 2.45) is 0 Å². The van der Waals surface area contributed by atoms with E-state index in [0.29, 0.717) is 0 Å². The third-order valence-electron chi connectivity index (χ3n) is 5.61. The Balaban J connectivity index is 1.87. The fourth-order valence-corrected chi connectivity index (χ4v) is 4.62. The zero-order valence-corrected chi connectivity index (χ0v) is 15.3. The van der Waals surface area contributed by atoms with Crippen LogP contribution < -0.4 is 0 Å². The van der Waals surface area contributed by atoms with Crippen LogP contribution in [0.4, 0.5) is 0 Å². The van der Waals surface area contributed by atoms with E-state index in [2.05, 4.69) is 83.1 Å². The molecule has 1 aromatic heterocycles. The summed E-state index contributed by atoms with van der Waals surface area (Å²) in [6.07, 6.45) is 1.20. The van der Waals surface area contributed by atoms with Crippen molar-refractivity contribution in [1.29, 1.82) is 0 Å². The molecular weight excluding hydrogens is 290 g/mol. The molecule has 0 fully saturated rings. The predicted octanol–water partition coefficient (Wildman–Crippen LogP) is 6.17. The fourth-order valence-electron chi connectivity index (χ4n) is 4.62. The van der Waals surface area contributed by atoms with Gasteiger partial charge in [0.05, 0.1) is 11.2 Å². The van der Waals surface area contributed by atoms with Gasteiger partial charge in [-0.2, -0.15) is 0 Å². The van der Waals surface area contributed by atoms with Gasteiger partial charge in [-0.25, -0.2) is 4.98 Å². The van der Waals surface area contributed by atoms with Crippen LogP contribution in [0.2, 0.25) is 0 Å². The van der Waals surface area contributed by atoms with Crippen molar-refractivity contribution in [2.75, 3.05) is 0 Å². The van der Waals surface area contributed by atoms with Gasteiger partial charge in [-0.1, -0.05) is 58.0 Å². The minimum Gasteiger partial charge on any atom is -0.248 e. The quantitative estimate of drug-likeness (QED) is 0.523. The van der Waals surface area contributed by atoms with Gasteiger partial charge in [-0.3, -0.25) is 0 Å². The topological polar surface area (TPSA) is 12.9 Å². The summed E-state index contributed by atoms with van der Waals surface area (Å²) in [5.74, 6) is 0. The number of hydrogen-bond donors (Lipinski definition) is 0. The Morgan fingerprint density at radius 2 is 1.58 bits per heavy atom. The molecule has 0 radical (unpaired) electrons. The molecule has 0 N–H and O–H groups in total. The van der Waals surface area contributed by atoms with Crippen LogP contribution in [-0.2, 0) is 10.8 Å². The van der Waals surface area contributed by atoms with E-state index in [9.17, 15) is 0 Å². The molecule has 0 atom stereocenters. The van der Waals surface area contributed by atoms with Gasteiger partial charge >= 0.3 is 0 Å². The Hall–Kier alpha value is -2.15. The molecule has 0 amide bonds. The number of benzene rings is 2. The molecule has 0 spiro atoms. The number of nitrogens with zero attached hydrogens (tertiary/aromatic N) is 1. The molecule has 1 nitrogen and oxygen atoms in total. The summed E-state index contributed by atoms with van der Waals surface area (Å²) in [6.45, 7) is 11.6. The van der Waals surface area contributed by atoms with Crippen molar-refractivity contribution in [1.82, 2.24) is 4.98 Å². The lowest BCUT2D eigenvalue weighted by molar-refractivity contribution is 0.403. The van der Waals surface area contributed by atoms with Gasteiger partial charge in [0.25, 0.3) is 0 Å². The van der Waals surface area contributed by atoms with Crippen LogP contribution in [-0.4, -0.2) is 4.98 Å². The molecule has 3 aromatic rings. The van der Waals surface area contributed by atoms with Crippen molar-refractivity contribution in [2.45, 2.75) is 51.9 Å². The molecule has 0 saturated carbocycles. The summed E-state index contributed by atoms with van der Waals surface area (Å²) in [7, 11) is 0. The standard InChI is InChI=1S/C23H25N/c1-15-7-6-8-21-17(15)10-12-20(24-21)16-9-11-18-19(13-16)23(4,5)14-22(18,2)3/h6-13H,14H2,1-5H3. The highest BCUT2D eigenvalue weighted by Crippen LogP contribution is 2.50. The van der Waals surface area contributed by atoms with Crippen LogP contribution in [0, 0.1) is 6.92 Å². The molecule has 0 aliphatic heterocycles. The molecule has 4 rings (SSSR count). The van der Waals surface area contributed by atoms with Gasteiger partial charge in [0.1, 0.15) is 0 Å². The van der Waals surface area contributed by atoms with E-state index in [4.69, 9.17) is 4.98 Å². The van der Waals surface area contributed by atoms with Gasteiger partial charge in [-0.15, -0.1) is 0 Å². The number of aromatic nitrogens is 1. The first-order valence-corrected chi connectivity index (χ1v) is 8.80. The van der Waals surface area contributed by atoms with Crippen molar-refractivity contribution in [3.63, 3.8) is 0 Å². The highest BCUT2D eigenvalue weighted by molar-refractivity contribution is 5.84. The van der Waals surface area contributed by atoms with Gasteiger partial charge in [-0.05, 0) is 59.1 Å². The number of aryl methyl sites for hydroxylation is 1. The van der Waals surface area contributed by atoms with Crippen molar-refractivity contribution >= 4 is 10.9 Å². The van der Waals surface area contributed by atoms with Crippen LogP contribution >= 0.6 is 0 Å². The molecule has 1 heteroatoms. The summed E-state index contributed by atoms with van der Waals surface area (Å²) < 4.78 is 0. The smallest absolute Gasteiger partial charge is 0.0712 e. The molecule has 122 valence electrons. The van der Waals surface area contributed by atoms with Crippen LogP contribution in [0.5, 0.6) is 0 Å². The molecule has 0 bridgehead atoms. The SMILES string of the molecule is Cc1cccc2nc(-c3ccc4c(c3)C(C)(C)CC4(C)C)ccc12. The highest BCUT2D eigenvalue weighted by Gasteiger charge is 2.41. The lowest BCUT2D eigenvalue weighted by atomic mass is 9.82. The molecule has 0 saturated heterocycles. The normalized spacial score (nSPS) is 17.9. The minimum atomic E-state index is 0.224. The lowest BCUT2D eigenvalue weighted by Crippen LogP contribution is -2.17. The molecule has 0 unspecified atom stereocenters. The third-order valence-corrected chi connectivity index (χ3v) is 5.61. The van der Waals surface area contributed by atoms with Crippen molar-refractivity contribution in [3.05, 3.63) is 65.2 Å². The Labute approximate surface area is 144 Å². The largest absolute Gasteiger partial charge is 0.248 e. The first kappa shape index (κ1) is 15.4. The fraction of sp³-hybridized carbons (Fsp3) is 0.348. The maximum absolute atomic E-state index is 4.92. The average Bonchev–Trinajstić information content (AvgIpc) is 2.72. The summed E-state index contributed by atoms with van der Waals surface area (Å²) >= 11 is 0. The van der Waals surface area contributed by atoms with Crippen LogP contribution in [0.15, 0.2) is 48.5 Å². The van der Waals surface area contributed by atoms with E-state index >= 15 is 0 Å². The molecule has 1 aliphatic carbocycles. The predicted molar refractivity (Wildman–Crippen MR) is 103 cm³/mol. The Bertz CT molecular complexity index is 947. The monoisotopic (exact) mass is 315 g/mol. The number of rotatable bonds is 1. The Morgan fingerprint density at radius 3 is 2.38 bits per heavy atom. The second-order valence-electron chi connectivity index (χ2n) is 8.54. The summed E-state index contributed by atoms with van der Waals surface area (Å²) in [4.78, 5) is 4.92. The van der Waals surface area contributed by atoms with Crippen molar-refractivity contribution < 1.29 is 0 Å². The zero-order valence-electron chi connectivity index (χ0n) is 15.3. The number of hydrogen-bond acceptors (Lipinski definition) is 1. The minimum absolute atomic E-state index is 0.224. The van der Waals surface area contributed by atoms with Gasteiger partial charge in [0.2, 0.25) is 0 Å². The van der Waals surface area contributed by atoms with Crippen LogP contribution in [0.3, 0.4) is 0 Å². The van der Waals surface area contributed by atoms with Gasteiger partial charge < -0.3 is 0 Å². The molecule has 1 aliphatic rings. The van der Waals surface area contributed by atoms with Crippen LogP contribution in [0.25, 0.3) is 22.2 Å². The van der Waals surface area contributed by atoms with E-state index in [1.54, 1.807) is 0 Å². The maximum Gasteiger partial charge on any atom is 0.0712 e. The van der Waals surface area contributed by atoms with E-state index in [-0.39, 0.29) is 10.8 Å². The maximum atomic E-state index is 4.92. The number of pyridine rings is 1. The zero-order chi connectivity index (χ0) is 17.1. The molecule has 24 heavy (non-hydrogen) atoms. The Morgan fingerprint density at radius 1 is 0.833 bits per heavy atom. The first-order chi connectivity index (χ1) is 11.3. The van der Waals surface area contributed by atoms with Gasteiger partial charge in [0.15, 0.2) is 0 Å². The van der Waals surface area contributed by atoms with E-state index in [1.807, 2.05) is 0 Å². The highest BCUT2D eigenvalue weighted by atomic mass is 14.7. The first-order valence-electron chi connectivity index (χ1n) is 8.80. The molecule has 2 aromatic carbocycles. The average molecular weight is 315 g/mol. The second-order valence-corrected chi connectivity index (χ2v) is 8.54. The second kappa shape index (κ2) is 4.92. The molecular formula is C23H25N.